The number of ether oxygens (including phenoxy) is 1. The van der Waals surface area contributed by atoms with Crippen LogP contribution < -0.4 is 16.6 Å². The number of hydrogen-bond donors (Lipinski definition) is 4. The number of aliphatic hydroxyl groups is 2. The van der Waals surface area contributed by atoms with E-state index in [2.05, 4.69) is 10.3 Å². The van der Waals surface area contributed by atoms with Gasteiger partial charge in [-0.2, -0.15) is 4.39 Å². The molecule has 4 atom stereocenters. The van der Waals surface area contributed by atoms with E-state index in [0.717, 1.165) is 10.8 Å². The van der Waals surface area contributed by atoms with Gasteiger partial charge in [-0.05, 0) is 0 Å². The van der Waals surface area contributed by atoms with Crippen molar-refractivity contribution in [2.45, 2.75) is 37.8 Å². The molecule has 2 aromatic heterocycles. The second-order valence-electron chi connectivity index (χ2n) is 6.07. The molecular formula is C15H17FN4O7. The molecule has 0 aromatic carbocycles. The molecule has 27 heavy (non-hydrogen) atoms. The van der Waals surface area contributed by atoms with Gasteiger partial charge in [0.1, 0.15) is 24.6 Å². The number of nitrogens with one attached hydrogen (secondary N) is 2. The predicted molar refractivity (Wildman–Crippen MR) is 85.5 cm³/mol. The Morgan fingerprint density at radius 2 is 2.19 bits per heavy atom. The number of amides is 1. The van der Waals surface area contributed by atoms with E-state index in [-0.39, 0.29) is 18.8 Å². The summed E-state index contributed by atoms with van der Waals surface area (Å²) in [6, 6.07) is -0.940. The maximum atomic E-state index is 13.3. The van der Waals surface area contributed by atoms with Crippen molar-refractivity contribution in [2.75, 3.05) is 6.61 Å². The van der Waals surface area contributed by atoms with Gasteiger partial charge in [0, 0.05) is 6.92 Å². The molecule has 0 saturated carbocycles. The Kier molecular flexibility index (Phi) is 5.21. The van der Waals surface area contributed by atoms with Crippen molar-refractivity contribution in [1.29, 1.82) is 0 Å². The summed E-state index contributed by atoms with van der Waals surface area (Å²) in [5.41, 5.74) is -2.04. The molecule has 3 heterocycles. The van der Waals surface area contributed by atoms with Crippen LogP contribution in [0.5, 0.6) is 0 Å². The molecule has 1 amide bonds. The normalized spacial score (nSPS) is 25.3. The lowest BCUT2D eigenvalue weighted by Crippen LogP contribution is -2.60. The number of carbonyl (C=O) groups excluding carboxylic acids is 1. The second-order valence-corrected chi connectivity index (χ2v) is 6.07. The van der Waals surface area contributed by atoms with Crippen LogP contribution in [0.1, 0.15) is 16.4 Å². The third-order valence-electron chi connectivity index (χ3n) is 4.15. The van der Waals surface area contributed by atoms with Gasteiger partial charge in [0.15, 0.2) is 11.6 Å². The number of nitrogens with zero attached hydrogens (tertiary/aromatic N) is 2. The van der Waals surface area contributed by atoms with Gasteiger partial charge in [-0.15, -0.1) is 0 Å². The average Bonchev–Trinajstić information content (AvgIpc) is 3.05. The molecule has 3 rings (SSSR count). The maximum Gasteiger partial charge on any atom is 0.328 e. The number of carbonyl (C=O) groups is 1. The van der Waals surface area contributed by atoms with Crippen molar-refractivity contribution in [2.24, 2.45) is 0 Å². The molecule has 0 bridgehead atoms. The minimum absolute atomic E-state index is 0.00609. The summed E-state index contributed by atoms with van der Waals surface area (Å²) in [5, 5.41) is 22.9. The molecular weight excluding hydrogens is 367 g/mol. The molecule has 2 aromatic rings. The molecule has 1 saturated heterocycles. The zero-order chi connectivity index (χ0) is 19.7. The van der Waals surface area contributed by atoms with Gasteiger partial charge in [-0.3, -0.25) is 19.1 Å². The predicted octanol–water partition coefficient (Wildman–Crippen LogP) is -2.11. The van der Waals surface area contributed by atoms with Gasteiger partial charge < -0.3 is 24.7 Å². The zero-order valence-corrected chi connectivity index (χ0v) is 14.1. The Balaban J connectivity index is 1.66. The van der Waals surface area contributed by atoms with E-state index in [0.29, 0.717) is 12.1 Å². The fourth-order valence-electron chi connectivity index (χ4n) is 2.69. The van der Waals surface area contributed by atoms with Gasteiger partial charge in [0.05, 0.1) is 25.4 Å². The summed E-state index contributed by atoms with van der Waals surface area (Å²) in [7, 11) is 0. The van der Waals surface area contributed by atoms with E-state index >= 15 is 0 Å². The maximum absolute atomic E-state index is 13.3. The van der Waals surface area contributed by atoms with Crippen LogP contribution in [0, 0.1) is 12.7 Å². The lowest BCUT2D eigenvalue weighted by molar-refractivity contribution is -0.152. The standard InChI is InChI=1S/C15H17FN4O7/c1-6-17-9(5-26-6)14(24)18-8-4-27-10(12(22)11(8)21)3-20-2-7(16)13(23)19-15(20)25/h2,5,8,10-12,21-22H,3-4H2,1H3,(H,18,24)(H,19,23,25)/t8-,10-,11+,12-/m1/s1. The number of oxazole rings is 1. The number of halogens is 1. The van der Waals surface area contributed by atoms with Crippen molar-refractivity contribution in [3.63, 3.8) is 0 Å². The van der Waals surface area contributed by atoms with E-state index in [9.17, 15) is 29.0 Å². The minimum atomic E-state index is -1.48. The summed E-state index contributed by atoms with van der Waals surface area (Å²) < 4.78 is 24.5. The van der Waals surface area contributed by atoms with Crippen LogP contribution in [-0.2, 0) is 11.3 Å². The van der Waals surface area contributed by atoms with Crippen LogP contribution >= 0.6 is 0 Å². The third kappa shape index (κ3) is 3.97. The Morgan fingerprint density at radius 3 is 2.85 bits per heavy atom. The van der Waals surface area contributed by atoms with Crippen LogP contribution in [0.15, 0.2) is 26.5 Å². The molecule has 0 radical (unpaired) electrons. The highest BCUT2D eigenvalue weighted by Crippen LogP contribution is 2.17. The average molecular weight is 384 g/mol. The zero-order valence-electron chi connectivity index (χ0n) is 14.1. The summed E-state index contributed by atoms with van der Waals surface area (Å²) in [4.78, 5) is 40.4. The van der Waals surface area contributed by atoms with Gasteiger partial charge in [0.25, 0.3) is 11.5 Å². The van der Waals surface area contributed by atoms with Crippen molar-refractivity contribution in [3.8, 4) is 0 Å². The van der Waals surface area contributed by atoms with Crippen LogP contribution in [0.2, 0.25) is 0 Å². The second kappa shape index (κ2) is 7.42. The van der Waals surface area contributed by atoms with E-state index in [1.807, 2.05) is 0 Å². The lowest BCUT2D eigenvalue weighted by atomic mass is 9.97. The Bertz CT molecular complexity index is 952. The first-order chi connectivity index (χ1) is 12.8. The van der Waals surface area contributed by atoms with Crippen LogP contribution in [0.25, 0.3) is 0 Å². The van der Waals surface area contributed by atoms with Gasteiger partial charge in [-0.1, -0.05) is 0 Å². The summed E-state index contributed by atoms with van der Waals surface area (Å²) in [6.45, 7) is 1.07. The van der Waals surface area contributed by atoms with Crippen LogP contribution in [0.3, 0.4) is 0 Å². The first-order valence-corrected chi connectivity index (χ1v) is 7.96. The summed E-state index contributed by atoms with van der Waals surface area (Å²) >= 11 is 0. The fraction of sp³-hybridized carbons (Fsp3) is 0.467. The van der Waals surface area contributed by atoms with Gasteiger partial charge >= 0.3 is 5.69 Å². The highest BCUT2D eigenvalue weighted by Gasteiger charge is 2.39. The number of H-pyrrole nitrogens is 1. The number of aliphatic hydroxyl groups excluding tert-OH is 2. The highest BCUT2D eigenvalue weighted by molar-refractivity contribution is 5.92. The molecule has 1 aliphatic heterocycles. The van der Waals surface area contributed by atoms with Crippen LogP contribution in [-0.4, -0.2) is 61.6 Å². The molecule has 1 fully saturated rings. The van der Waals surface area contributed by atoms with Crippen molar-refractivity contribution >= 4 is 5.91 Å². The topological polar surface area (TPSA) is 160 Å². The molecule has 0 aliphatic carbocycles. The van der Waals surface area contributed by atoms with Gasteiger partial charge in [-0.25, -0.2) is 9.78 Å². The van der Waals surface area contributed by atoms with E-state index in [1.165, 1.54) is 0 Å². The largest absolute Gasteiger partial charge is 0.448 e. The van der Waals surface area contributed by atoms with Gasteiger partial charge in [0.2, 0.25) is 5.82 Å². The number of aromatic nitrogens is 3. The molecule has 1 aliphatic rings. The highest BCUT2D eigenvalue weighted by atomic mass is 19.1. The lowest BCUT2D eigenvalue weighted by Gasteiger charge is -2.37. The monoisotopic (exact) mass is 384 g/mol. The molecule has 146 valence electrons. The Labute approximate surface area is 150 Å². The molecule has 12 heteroatoms. The number of hydrogen-bond acceptors (Lipinski definition) is 8. The first-order valence-electron chi connectivity index (χ1n) is 7.96. The van der Waals surface area contributed by atoms with Crippen molar-refractivity contribution in [1.82, 2.24) is 19.9 Å². The SMILES string of the molecule is Cc1nc(C(=O)N[C@@H]2CO[C@H](Cn3cc(F)c(=O)[nH]c3=O)[C@@H](O)[C@H]2O)co1. The smallest absolute Gasteiger partial charge is 0.328 e. The van der Waals surface area contributed by atoms with Crippen molar-refractivity contribution < 1.29 is 28.6 Å². The molecule has 0 unspecified atom stereocenters. The van der Waals surface area contributed by atoms with Crippen LogP contribution in [0.4, 0.5) is 4.39 Å². The summed E-state index contributed by atoms with van der Waals surface area (Å²) in [5.74, 6) is -1.50. The third-order valence-corrected chi connectivity index (χ3v) is 4.15. The summed E-state index contributed by atoms with van der Waals surface area (Å²) in [6.07, 6.45) is -2.12. The number of aromatic amines is 1. The first kappa shape index (κ1) is 18.9. The minimum Gasteiger partial charge on any atom is -0.448 e. The van der Waals surface area contributed by atoms with E-state index < -0.39 is 47.3 Å². The number of aryl methyl sites for hydroxylation is 1. The fourth-order valence-corrected chi connectivity index (χ4v) is 2.69. The Hall–Kier alpha value is -2.83. The Morgan fingerprint density at radius 1 is 1.44 bits per heavy atom. The quantitative estimate of drug-likeness (QED) is 0.466. The van der Waals surface area contributed by atoms with E-state index in [4.69, 9.17) is 9.15 Å². The number of rotatable bonds is 4. The van der Waals surface area contributed by atoms with E-state index in [1.54, 1.807) is 11.9 Å². The molecule has 4 N–H and O–H groups in total. The molecule has 0 spiro atoms. The van der Waals surface area contributed by atoms with Crippen molar-refractivity contribution in [3.05, 3.63) is 50.7 Å². The molecule has 11 nitrogen and oxygen atoms in total.